The summed E-state index contributed by atoms with van der Waals surface area (Å²) in [4.78, 5) is 10.7. The Labute approximate surface area is 186 Å². The van der Waals surface area contributed by atoms with Crippen molar-refractivity contribution in [1.29, 1.82) is 0 Å². The summed E-state index contributed by atoms with van der Waals surface area (Å²) >= 11 is 0. The molecule has 0 radical (unpaired) electrons. The van der Waals surface area contributed by atoms with Gasteiger partial charge in [0.05, 0.1) is 7.11 Å². The monoisotopic (exact) mass is 422 g/mol. The zero-order valence-corrected chi connectivity index (χ0v) is 19.4. The lowest BCUT2D eigenvalue weighted by Gasteiger charge is -2.37. The third-order valence-corrected chi connectivity index (χ3v) is 5.59. The maximum Gasteiger partial charge on any atom is 0.328 e. The third kappa shape index (κ3) is 7.32. The minimum Gasteiger partial charge on any atom is -0.497 e. The Kier molecular flexibility index (Phi) is 8.49. The van der Waals surface area contributed by atoms with Gasteiger partial charge in [0.1, 0.15) is 17.6 Å². The second-order valence-corrected chi connectivity index (χ2v) is 8.63. The molecule has 0 heterocycles. The molecule has 0 bridgehead atoms. The molecular formula is C27H34O4. The number of ether oxygens (including phenoxy) is 2. The van der Waals surface area contributed by atoms with Gasteiger partial charge in [-0.15, -0.1) is 0 Å². The van der Waals surface area contributed by atoms with Gasteiger partial charge in [-0.2, -0.15) is 0 Å². The highest BCUT2D eigenvalue weighted by Crippen LogP contribution is 2.42. The van der Waals surface area contributed by atoms with E-state index in [4.69, 9.17) is 14.6 Å². The average molecular weight is 423 g/mol. The third-order valence-electron chi connectivity index (χ3n) is 5.59. The summed E-state index contributed by atoms with van der Waals surface area (Å²) in [5.41, 5.74) is 4.43. The molecule has 1 N–H and O–H groups in total. The molecule has 0 saturated carbocycles. The molecule has 0 fully saturated rings. The molecule has 0 spiro atoms. The van der Waals surface area contributed by atoms with Crippen LogP contribution in [0.25, 0.3) is 0 Å². The van der Waals surface area contributed by atoms with Crippen molar-refractivity contribution in [3.05, 3.63) is 83.0 Å². The van der Waals surface area contributed by atoms with Gasteiger partial charge in [-0.25, -0.2) is 4.79 Å². The number of carboxylic acid groups (broad SMARTS) is 1. The Bertz CT molecular complexity index is 924. The molecule has 4 heteroatoms. The van der Waals surface area contributed by atoms with Crippen LogP contribution in [0, 0.1) is 5.41 Å². The predicted molar refractivity (Wildman–Crippen MR) is 127 cm³/mol. The van der Waals surface area contributed by atoms with Crippen LogP contribution in [-0.2, 0) is 4.79 Å². The SMILES string of the molecule is COc1ccc(OC2CCC(C)(C)C(C=CC(C)=CC=CC(C)=CC(=O)O)=C2C)cc1. The van der Waals surface area contributed by atoms with E-state index in [1.165, 1.54) is 17.2 Å². The van der Waals surface area contributed by atoms with Crippen molar-refractivity contribution < 1.29 is 19.4 Å². The maximum absolute atomic E-state index is 10.7. The molecule has 1 aliphatic carbocycles. The molecule has 166 valence electrons. The zero-order chi connectivity index (χ0) is 23.0. The topological polar surface area (TPSA) is 55.8 Å². The maximum atomic E-state index is 10.7. The second-order valence-electron chi connectivity index (χ2n) is 8.63. The quantitative estimate of drug-likeness (QED) is 0.375. The standard InChI is InChI=1S/C27H34O4/c1-19(8-7-9-20(2)18-26(28)29)10-15-24-21(3)25(16-17-27(24,4)5)31-23-13-11-22(30-6)12-14-23/h7-15,18,25H,16-17H2,1-6H3,(H,28,29). The number of benzene rings is 1. The molecule has 0 aromatic heterocycles. The van der Waals surface area contributed by atoms with Gasteiger partial charge in [0.2, 0.25) is 0 Å². The number of hydrogen-bond acceptors (Lipinski definition) is 3. The fourth-order valence-electron chi connectivity index (χ4n) is 3.74. The molecule has 0 aliphatic heterocycles. The number of hydrogen-bond donors (Lipinski definition) is 1. The van der Waals surface area contributed by atoms with E-state index < -0.39 is 5.97 Å². The fourth-order valence-corrected chi connectivity index (χ4v) is 3.74. The minimum atomic E-state index is -0.934. The van der Waals surface area contributed by atoms with Gasteiger partial charge in [-0.3, -0.25) is 0 Å². The molecule has 1 aromatic rings. The van der Waals surface area contributed by atoms with Crippen molar-refractivity contribution in [2.24, 2.45) is 5.41 Å². The first-order valence-electron chi connectivity index (χ1n) is 10.6. The highest BCUT2D eigenvalue weighted by molar-refractivity contribution is 5.81. The van der Waals surface area contributed by atoms with Crippen LogP contribution in [0.4, 0.5) is 0 Å². The fraction of sp³-hybridized carbons (Fsp3) is 0.370. The Morgan fingerprint density at radius 3 is 2.35 bits per heavy atom. The molecule has 0 saturated heterocycles. The first-order valence-corrected chi connectivity index (χ1v) is 10.6. The van der Waals surface area contributed by atoms with E-state index in [1.807, 2.05) is 43.3 Å². The Morgan fingerprint density at radius 2 is 1.74 bits per heavy atom. The van der Waals surface area contributed by atoms with Gasteiger partial charge < -0.3 is 14.6 Å². The number of methoxy groups -OCH3 is 1. The van der Waals surface area contributed by atoms with Crippen molar-refractivity contribution in [3.8, 4) is 11.5 Å². The number of carbonyl (C=O) groups is 1. The van der Waals surface area contributed by atoms with Crippen LogP contribution in [0.15, 0.2) is 83.0 Å². The van der Waals surface area contributed by atoms with E-state index in [0.717, 1.165) is 29.9 Å². The number of rotatable bonds is 8. The Morgan fingerprint density at radius 1 is 1.10 bits per heavy atom. The van der Waals surface area contributed by atoms with E-state index in [9.17, 15) is 4.79 Å². The van der Waals surface area contributed by atoms with Crippen LogP contribution < -0.4 is 9.47 Å². The normalized spacial score (nSPS) is 19.9. The molecule has 1 aromatic carbocycles. The van der Waals surface area contributed by atoms with Gasteiger partial charge in [-0.05, 0) is 80.0 Å². The number of allylic oxidation sites excluding steroid dienone is 8. The minimum absolute atomic E-state index is 0.0501. The first-order chi connectivity index (χ1) is 14.6. The van der Waals surface area contributed by atoms with Gasteiger partial charge >= 0.3 is 5.97 Å². The lowest BCUT2D eigenvalue weighted by molar-refractivity contribution is -0.131. The second kappa shape index (κ2) is 10.9. The molecule has 1 aliphatic rings. The zero-order valence-electron chi connectivity index (χ0n) is 19.4. The smallest absolute Gasteiger partial charge is 0.328 e. The van der Waals surface area contributed by atoms with E-state index >= 15 is 0 Å². The lowest BCUT2D eigenvalue weighted by Crippen LogP contribution is -2.30. The molecule has 2 rings (SSSR count). The van der Waals surface area contributed by atoms with E-state index in [-0.39, 0.29) is 11.5 Å². The summed E-state index contributed by atoms with van der Waals surface area (Å²) in [6, 6.07) is 7.72. The first kappa shape index (κ1) is 24.3. The molecule has 1 unspecified atom stereocenters. The predicted octanol–water partition coefficient (Wildman–Crippen LogP) is 6.67. The summed E-state index contributed by atoms with van der Waals surface area (Å²) in [6.45, 7) is 10.5. The molecule has 31 heavy (non-hydrogen) atoms. The molecular weight excluding hydrogens is 388 g/mol. The summed E-state index contributed by atoms with van der Waals surface area (Å²) in [5, 5.41) is 8.78. The Hall–Kier alpha value is -3.01. The average Bonchev–Trinajstić information content (AvgIpc) is 2.70. The summed E-state index contributed by atoms with van der Waals surface area (Å²) in [7, 11) is 1.66. The van der Waals surface area contributed by atoms with Gasteiger partial charge in [0.15, 0.2) is 0 Å². The largest absolute Gasteiger partial charge is 0.497 e. The van der Waals surface area contributed by atoms with Crippen molar-refractivity contribution in [1.82, 2.24) is 0 Å². The van der Waals surface area contributed by atoms with E-state index in [1.54, 1.807) is 20.1 Å². The summed E-state index contributed by atoms with van der Waals surface area (Å²) in [6.07, 6.45) is 13.2. The summed E-state index contributed by atoms with van der Waals surface area (Å²) < 4.78 is 11.5. The van der Waals surface area contributed by atoms with Crippen molar-refractivity contribution in [3.63, 3.8) is 0 Å². The van der Waals surface area contributed by atoms with Crippen LogP contribution in [0.2, 0.25) is 0 Å². The van der Waals surface area contributed by atoms with Crippen LogP contribution in [-0.4, -0.2) is 24.3 Å². The lowest BCUT2D eigenvalue weighted by atomic mass is 9.71. The van der Waals surface area contributed by atoms with Crippen LogP contribution in [0.1, 0.15) is 47.5 Å². The molecule has 0 amide bonds. The Balaban J connectivity index is 2.18. The van der Waals surface area contributed by atoms with E-state index in [2.05, 4.69) is 32.9 Å². The van der Waals surface area contributed by atoms with Crippen molar-refractivity contribution >= 4 is 5.97 Å². The van der Waals surface area contributed by atoms with Gasteiger partial charge in [-0.1, -0.05) is 49.8 Å². The summed E-state index contributed by atoms with van der Waals surface area (Å²) in [5.74, 6) is 0.730. The molecule has 1 atom stereocenters. The highest BCUT2D eigenvalue weighted by atomic mass is 16.5. The molecule has 4 nitrogen and oxygen atoms in total. The van der Waals surface area contributed by atoms with Crippen LogP contribution >= 0.6 is 0 Å². The number of aliphatic carboxylic acids is 1. The van der Waals surface area contributed by atoms with Crippen molar-refractivity contribution in [2.45, 2.75) is 53.6 Å². The van der Waals surface area contributed by atoms with Gasteiger partial charge in [0.25, 0.3) is 0 Å². The van der Waals surface area contributed by atoms with Crippen LogP contribution in [0.5, 0.6) is 11.5 Å². The number of carboxylic acids is 1. The van der Waals surface area contributed by atoms with Gasteiger partial charge in [0, 0.05) is 6.08 Å². The van der Waals surface area contributed by atoms with Crippen molar-refractivity contribution in [2.75, 3.05) is 7.11 Å². The highest BCUT2D eigenvalue weighted by Gasteiger charge is 2.32. The van der Waals surface area contributed by atoms with E-state index in [0.29, 0.717) is 5.57 Å². The van der Waals surface area contributed by atoms with Crippen LogP contribution in [0.3, 0.4) is 0 Å².